The Morgan fingerprint density at radius 3 is 1.96 bits per heavy atom. The molecule has 1 aliphatic rings. The van der Waals surface area contributed by atoms with Gasteiger partial charge in [0.1, 0.15) is 23.9 Å². The number of carbonyl (C=O) groups excluding carboxylic acids is 5. The summed E-state index contributed by atoms with van der Waals surface area (Å²) in [5.41, 5.74) is 1.87. The quantitative estimate of drug-likeness (QED) is 0.182. The van der Waals surface area contributed by atoms with Gasteiger partial charge in [0.05, 0.1) is 26.9 Å². The molecule has 0 bridgehead atoms. The van der Waals surface area contributed by atoms with Crippen LogP contribution in [0.1, 0.15) is 18.1 Å². The van der Waals surface area contributed by atoms with E-state index in [1.165, 1.54) is 14.0 Å². The van der Waals surface area contributed by atoms with E-state index in [-0.39, 0.29) is 25.3 Å². The predicted molar refractivity (Wildman–Crippen MR) is 176 cm³/mol. The van der Waals surface area contributed by atoms with Gasteiger partial charge in [0.25, 0.3) is 5.91 Å². The third-order valence-electron chi connectivity index (χ3n) is 7.64. The Hall–Kier alpha value is -5.07. The van der Waals surface area contributed by atoms with Crippen LogP contribution in [-0.2, 0) is 41.6 Å². The van der Waals surface area contributed by atoms with Crippen LogP contribution in [0.2, 0.25) is 0 Å². The van der Waals surface area contributed by atoms with Gasteiger partial charge in [-0.3, -0.25) is 28.9 Å². The molecule has 0 aliphatic carbocycles. The van der Waals surface area contributed by atoms with Gasteiger partial charge in [0.15, 0.2) is 0 Å². The molecule has 1 heterocycles. The van der Waals surface area contributed by atoms with E-state index in [0.717, 1.165) is 5.56 Å². The number of ether oxygens (including phenoxy) is 2. The first-order valence-corrected chi connectivity index (χ1v) is 15.5. The van der Waals surface area contributed by atoms with E-state index < -0.39 is 41.6 Å². The number of Topliss-reactive ketones (excluding diaryl/α,β-unsaturated/α-hetero) is 1. The Morgan fingerprint density at radius 1 is 0.745 bits per heavy atom. The molecule has 1 fully saturated rings. The third-order valence-corrected chi connectivity index (χ3v) is 7.64. The molecule has 0 saturated carbocycles. The first-order valence-electron chi connectivity index (χ1n) is 15.5. The van der Waals surface area contributed by atoms with E-state index in [1.807, 2.05) is 11.0 Å². The summed E-state index contributed by atoms with van der Waals surface area (Å²) in [6, 6.07) is 21.2. The van der Waals surface area contributed by atoms with Crippen LogP contribution in [0.15, 0.2) is 84.9 Å². The summed E-state index contributed by atoms with van der Waals surface area (Å²) in [6.07, 6.45) is 0.114. The van der Waals surface area contributed by atoms with Gasteiger partial charge in [-0.15, -0.1) is 0 Å². The van der Waals surface area contributed by atoms with Gasteiger partial charge in [0.2, 0.25) is 23.5 Å². The van der Waals surface area contributed by atoms with Crippen LogP contribution in [-0.4, -0.2) is 92.4 Å². The molecule has 0 radical (unpaired) electrons. The molecule has 3 aromatic rings. The van der Waals surface area contributed by atoms with Crippen LogP contribution in [0, 0.1) is 0 Å². The molecule has 12 heteroatoms. The molecule has 12 nitrogen and oxygen atoms in total. The minimum absolute atomic E-state index is 0.0465. The van der Waals surface area contributed by atoms with Gasteiger partial charge in [-0.1, -0.05) is 60.7 Å². The Balaban J connectivity index is 1.50. The molecule has 3 aromatic carbocycles. The van der Waals surface area contributed by atoms with Crippen molar-refractivity contribution >= 4 is 35.1 Å². The maximum atomic E-state index is 13.9. The number of carbonyl (C=O) groups is 5. The zero-order valence-electron chi connectivity index (χ0n) is 26.6. The van der Waals surface area contributed by atoms with Crippen molar-refractivity contribution < 1.29 is 33.4 Å². The summed E-state index contributed by atoms with van der Waals surface area (Å²) in [5, 5.41) is 10.7. The molecule has 4 rings (SSSR count). The van der Waals surface area contributed by atoms with Crippen LogP contribution in [0.25, 0.3) is 0 Å². The van der Waals surface area contributed by atoms with E-state index in [9.17, 15) is 24.0 Å². The number of morpholine rings is 1. The van der Waals surface area contributed by atoms with Crippen molar-refractivity contribution in [3.05, 3.63) is 96.1 Å². The summed E-state index contributed by atoms with van der Waals surface area (Å²) in [4.78, 5) is 68.2. The van der Waals surface area contributed by atoms with Gasteiger partial charge >= 0.3 is 0 Å². The van der Waals surface area contributed by atoms with Crippen molar-refractivity contribution in [2.45, 2.75) is 37.9 Å². The normalized spacial score (nSPS) is 14.9. The highest BCUT2D eigenvalue weighted by molar-refractivity contribution is 6.42. The number of para-hydroxylation sites is 1. The van der Waals surface area contributed by atoms with Crippen LogP contribution in [0.3, 0.4) is 0 Å². The first kappa shape index (κ1) is 34.8. The second-order valence-electron chi connectivity index (χ2n) is 11.2. The van der Waals surface area contributed by atoms with Crippen LogP contribution in [0.5, 0.6) is 5.75 Å². The molecule has 4 N–H and O–H groups in total. The second kappa shape index (κ2) is 17.6. The van der Waals surface area contributed by atoms with Crippen molar-refractivity contribution in [2.75, 3.05) is 45.3 Å². The molecule has 47 heavy (non-hydrogen) atoms. The number of amides is 4. The van der Waals surface area contributed by atoms with Gasteiger partial charge in [0, 0.05) is 31.6 Å². The van der Waals surface area contributed by atoms with E-state index in [1.54, 1.807) is 78.9 Å². The fourth-order valence-corrected chi connectivity index (χ4v) is 5.02. The number of nitrogens with one attached hydrogen (secondary N) is 4. The maximum absolute atomic E-state index is 13.9. The number of hydrogen-bond donors (Lipinski definition) is 4. The average Bonchev–Trinajstić information content (AvgIpc) is 3.08. The van der Waals surface area contributed by atoms with Gasteiger partial charge in [-0.05, 0) is 42.3 Å². The Morgan fingerprint density at radius 2 is 1.32 bits per heavy atom. The molecule has 248 valence electrons. The highest BCUT2D eigenvalue weighted by atomic mass is 16.5. The summed E-state index contributed by atoms with van der Waals surface area (Å²) in [7, 11) is 1.54. The summed E-state index contributed by atoms with van der Waals surface area (Å²) >= 11 is 0. The van der Waals surface area contributed by atoms with E-state index in [2.05, 4.69) is 21.3 Å². The lowest BCUT2D eigenvalue weighted by Gasteiger charge is -2.27. The van der Waals surface area contributed by atoms with E-state index in [4.69, 9.17) is 9.47 Å². The molecular weight excluding hydrogens is 602 g/mol. The number of benzene rings is 3. The summed E-state index contributed by atoms with van der Waals surface area (Å²) < 4.78 is 10.6. The topological polar surface area (TPSA) is 155 Å². The lowest BCUT2D eigenvalue weighted by molar-refractivity contribution is -0.138. The molecule has 1 aliphatic heterocycles. The van der Waals surface area contributed by atoms with Crippen molar-refractivity contribution in [1.29, 1.82) is 0 Å². The Bertz CT molecular complexity index is 1500. The first-order chi connectivity index (χ1) is 22.7. The van der Waals surface area contributed by atoms with Crippen LogP contribution in [0.4, 0.5) is 5.69 Å². The lowest BCUT2D eigenvalue weighted by Crippen LogP contribution is -2.57. The summed E-state index contributed by atoms with van der Waals surface area (Å²) in [5.74, 6) is -2.68. The minimum Gasteiger partial charge on any atom is -0.497 e. The molecule has 1 saturated heterocycles. The molecule has 0 spiro atoms. The molecular formula is C35H41N5O7. The largest absolute Gasteiger partial charge is 0.497 e. The standard InChI is InChI=1S/C35H41N5O7/c1-24(36-31(41)23-40-17-19-47-20-18-40)33(43)39-30(22-26-13-15-28(46-2)16-14-26)34(44)38-29(21-25-9-5-3-6-10-25)32(42)35(45)37-27-11-7-4-8-12-27/h3-16,24,29-30H,17-23H2,1-2H3,(H,36,41)(H,37,45)(H,38,44)(H,39,43)/t24-,29-,30-/m0/s1. The Kier molecular flexibility index (Phi) is 13.0. The van der Waals surface area contributed by atoms with Crippen molar-refractivity contribution in [2.24, 2.45) is 0 Å². The van der Waals surface area contributed by atoms with Crippen LogP contribution < -0.4 is 26.0 Å². The number of anilines is 1. The molecule has 3 atom stereocenters. The minimum atomic E-state index is -1.23. The van der Waals surface area contributed by atoms with Gasteiger partial charge < -0.3 is 30.7 Å². The number of rotatable bonds is 15. The fourth-order valence-electron chi connectivity index (χ4n) is 5.02. The Labute approximate surface area is 274 Å². The predicted octanol–water partition coefficient (Wildman–Crippen LogP) is 1.49. The fraction of sp³-hybridized carbons (Fsp3) is 0.343. The SMILES string of the molecule is COc1ccc(C[C@H](NC(=O)[C@H](C)NC(=O)CN2CCOCC2)C(=O)N[C@@H](Cc2ccccc2)C(=O)C(=O)Nc2ccccc2)cc1. The number of methoxy groups -OCH3 is 1. The highest BCUT2D eigenvalue weighted by Gasteiger charge is 2.32. The molecule has 4 amide bonds. The average molecular weight is 644 g/mol. The van der Waals surface area contributed by atoms with Gasteiger partial charge in [-0.2, -0.15) is 0 Å². The smallest absolute Gasteiger partial charge is 0.293 e. The van der Waals surface area contributed by atoms with Gasteiger partial charge in [-0.25, -0.2) is 0 Å². The number of hydrogen-bond acceptors (Lipinski definition) is 8. The zero-order valence-corrected chi connectivity index (χ0v) is 26.6. The molecule has 0 aromatic heterocycles. The van der Waals surface area contributed by atoms with E-state index in [0.29, 0.717) is 43.3 Å². The van der Waals surface area contributed by atoms with Crippen LogP contribution >= 0.6 is 0 Å². The monoisotopic (exact) mass is 643 g/mol. The number of nitrogens with zero attached hydrogens (tertiary/aromatic N) is 1. The van der Waals surface area contributed by atoms with Crippen molar-refractivity contribution in [3.8, 4) is 5.75 Å². The lowest BCUT2D eigenvalue weighted by atomic mass is 9.99. The second-order valence-corrected chi connectivity index (χ2v) is 11.2. The summed E-state index contributed by atoms with van der Waals surface area (Å²) in [6.45, 7) is 3.95. The third kappa shape index (κ3) is 11.0. The van der Waals surface area contributed by atoms with Crippen molar-refractivity contribution in [3.63, 3.8) is 0 Å². The maximum Gasteiger partial charge on any atom is 0.293 e. The highest BCUT2D eigenvalue weighted by Crippen LogP contribution is 2.14. The van der Waals surface area contributed by atoms with E-state index >= 15 is 0 Å². The van der Waals surface area contributed by atoms with Crippen molar-refractivity contribution in [1.82, 2.24) is 20.9 Å². The molecule has 0 unspecified atom stereocenters. The zero-order chi connectivity index (χ0) is 33.6. The number of ketones is 1.